The van der Waals surface area contributed by atoms with E-state index in [0.717, 1.165) is 41.6 Å². The molecule has 1 amide bonds. The fourth-order valence-electron chi connectivity index (χ4n) is 3.60. The van der Waals surface area contributed by atoms with Crippen LogP contribution < -0.4 is 0 Å². The molecule has 1 aromatic heterocycles. The van der Waals surface area contributed by atoms with E-state index in [0.29, 0.717) is 5.04 Å². The Kier molecular flexibility index (Phi) is 3.87. The van der Waals surface area contributed by atoms with Gasteiger partial charge in [0.25, 0.3) is 0 Å². The molecule has 4 nitrogen and oxygen atoms in total. The van der Waals surface area contributed by atoms with Crippen molar-refractivity contribution in [2.45, 2.75) is 38.0 Å². The lowest BCUT2D eigenvalue weighted by Crippen LogP contribution is -2.42. The van der Waals surface area contributed by atoms with Crippen LogP contribution in [0.1, 0.15) is 42.1 Å². The molecule has 1 unspecified atom stereocenters. The van der Waals surface area contributed by atoms with E-state index in [2.05, 4.69) is 10.1 Å². The zero-order valence-corrected chi connectivity index (χ0v) is 14.9. The first-order valence-electron chi connectivity index (χ1n) is 8.30. The number of fused-ring (bicyclic) bond motifs is 2. The number of hydrogen-bond donors (Lipinski definition) is 0. The summed E-state index contributed by atoms with van der Waals surface area (Å²) in [4.78, 5) is 16.3. The third-order valence-corrected chi connectivity index (χ3v) is 6.20. The maximum atomic E-state index is 13.8. The van der Waals surface area contributed by atoms with Gasteiger partial charge in [0.15, 0.2) is 0 Å². The van der Waals surface area contributed by atoms with Gasteiger partial charge in [-0.15, -0.1) is 0 Å². The Morgan fingerprint density at radius 1 is 1.36 bits per heavy atom. The van der Waals surface area contributed by atoms with E-state index in [9.17, 15) is 9.18 Å². The van der Waals surface area contributed by atoms with Gasteiger partial charge >= 0.3 is 0 Å². The summed E-state index contributed by atoms with van der Waals surface area (Å²) in [7, 11) is 0. The summed E-state index contributed by atoms with van der Waals surface area (Å²) >= 11 is 1.54. The molecule has 4 rings (SSSR count). The Balaban J connectivity index is 1.85. The number of amides is 1. The molecule has 2 heterocycles. The Labute approximate surface area is 150 Å². The maximum absolute atomic E-state index is 13.8. The molecule has 2 aliphatic rings. The number of aryl methyl sites for hydroxylation is 2. The SMILES string of the molecule is CC(=O)N1N=C(c2cc(F)ccc2C)SC12CCCc1ncccc12. The fraction of sp³-hybridized carbons (Fsp3) is 0.316. The maximum Gasteiger partial charge on any atom is 0.241 e. The first-order chi connectivity index (χ1) is 12.0. The Morgan fingerprint density at radius 2 is 2.20 bits per heavy atom. The van der Waals surface area contributed by atoms with Crippen molar-refractivity contribution in [2.75, 3.05) is 0 Å². The van der Waals surface area contributed by atoms with E-state index < -0.39 is 4.87 Å². The minimum Gasteiger partial charge on any atom is -0.273 e. The largest absolute Gasteiger partial charge is 0.273 e. The highest BCUT2D eigenvalue weighted by Crippen LogP contribution is 2.53. The van der Waals surface area contributed by atoms with Gasteiger partial charge in [-0.3, -0.25) is 9.78 Å². The molecule has 1 aromatic carbocycles. The van der Waals surface area contributed by atoms with Gasteiger partial charge in [0.2, 0.25) is 5.91 Å². The highest BCUT2D eigenvalue weighted by atomic mass is 32.2. The molecule has 6 heteroatoms. The lowest BCUT2D eigenvalue weighted by atomic mass is 9.90. The van der Waals surface area contributed by atoms with Crippen molar-refractivity contribution in [1.82, 2.24) is 9.99 Å². The summed E-state index contributed by atoms with van der Waals surface area (Å²) in [6.45, 7) is 3.45. The number of benzene rings is 1. The van der Waals surface area contributed by atoms with E-state index in [1.807, 2.05) is 19.1 Å². The van der Waals surface area contributed by atoms with E-state index in [4.69, 9.17) is 0 Å². The van der Waals surface area contributed by atoms with Crippen LogP contribution in [0.4, 0.5) is 4.39 Å². The third-order valence-electron chi connectivity index (χ3n) is 4.77. The third kappa shape index (κ3) is 2.56. The zero-order valence-electron chi connectivity index (χ0n) is 14.1. The van der Waals surface area contributed by atoms with Crippen molar-refractivity contribution < 1.29 is 9.18 Å². The smallest absolute Gasteiger partial charge is 0.241 e. The van der Waals surface area contributed by atoms with Crippen molar-refractivity contribution in [3.8, 4) is 0 Å². The van der Waals surface area contributed by atoms with Gasteiger partial charge in [-0.2, -0.15) is 5.10 Å². The monoisotopic (exact) mass is 355 g/mol. The molecule has 0 N–H and O–H groups in total. The van der Waals surface area contributed by atoms with Crippen molar-refractivity contribution in [2.24, 2.45) is 5.10 Å². The second-order valence-electron chi connectivity index (χ2n) is 6.43. The summed E-state index contributed by atoms with van der Waals surface area (Å²) in [5, 5.41) is 6.86. The van der Waals surface area contributed by atoms with E-state index in [1.54, 1.807) is 17.3 Å². The number of hydrogen-bond acceptors (Lipinski definition) is 4. The van der Waals surface area contributed by atoms with Crippen LogP contribution in [0.5, 0.6) is 0 Å². The van der Waals surface area contributed by atoms with Crippen LogP contribution in [0.2, 0.25) is 0 Å². The number of carbonyl (C=O) groups is 1. The number of thioether (sulfide) groups is 1. The van der Waals surface area contributed by atoms with Gasteiger partial charge in [0.05, 0.1) is 0 Å². The molecule has 0 bridgehead atoms. The summed E-state index contributed by atoms with van der Waals surface area (Å²) in [5.74, 6) is -0.418. The number of carbonyl (C=O) groups excluding carboxylic acids is 1. The summed E-state index contributed by atoms with van der Waals surface area (Å²) in [6, 6.07) is 8.60. The number of hydrazone groups is 1. The quantitative estimate of drug-likeness (QED) is 0.777. The van der Waals surface area contributed by atoms with Crippen LogP contribution in [-0.4, -0.2) is 20.9 Å². The first kappa shape index (κ1) is 16.3. The molecule has 0 saturated carbocycles. The predicted molar refractivity (Wildman–Crippen MR) is 96.6 cm³/mol. The molecule has 1 atom stereocenters. The first-order valence-corrected chi connectivity index (χ1v) is 9.12. The fourth-order valence-corrected chi connectivity index (χ4v) is 5.17. The predicted octanol–water partition coefficient (Wildman–Crippen LogP) is 3.98. The molecule has 0 fully saturated rings. The Bertz CT molecular complexity index is 898. The van der Waals surface area contributed by atoms with Crippen LogP contribution in [0.3, 0.4) is 0 Å². The molecule has 1 aliphatic heterocycles. The normalized spacial score (nSPS) is 22.0. The molecule has 2 aromatic rings. The molecule has 1 spiro atoms. The second kappa shape index (κ2) is 5.95. The van der Waals surface area contributed by atoms with Gasteiger partial charge in [0.1, 0.15) is 15.7 Å². The molecule has 25 heavy (non-hydrogen) atoms. The van der Waals surface area contributed by atoms with E-state index in [-0.39, 0.29) is 11.7 Å². The highest BCUT2D eigenvalue weighted by molar-refractivity contribution is 8.15. The average Bonchev–Trinajstić information content (AvgIpc) is 2.98. The lowest BCUT2D eigenvalue weighted by Gasteiger charge is -2.39. The number of rotatable bonds is 1. The van der Waals surface area contributed by atoms with Gasteiger partial charge in [-0.1, -0.05) is 23.9 Å². The van der Waals surface area contributed by atoms with E-state index >= 15 is 0 Å². The molecule has 128 valence electrons. The van der Waals surface area contributed by atoms with Crippen molar-refractivity contribution in [1.29, 1.82) is 0 Å². The molecule has 1 aliphatic carbocycles. The lowest BCUT2D eigenvalue weighted by molar-refractivity contribution is -0.132. The Hall–Kier alpha value is -2.21. The topological polar surface area (TPSA) is 45.6 Å². The van der Waals surface area contributed by atoms with Crippen LogP contribution in [-0.2, 0) is 16.1 Å². The number of halogens is 1. The Morgan fingerprint density at radius 3 is 3.00 bits per heavy atom. The molecule has 0 saturated heterocycles. The van der Waals surface area contributed by atoms with Gasteiger partial charge < -0.3 is 0 Å². The van der Waals surface area contributed by atoms with Crippen molar-refractivity contribution in [3.05, 3.63) is 64.7 Å². The van der Waals surface area contributed by atoms with E-state index in [1.165, 1.54) is 30.8 Å². The highest BCUT2D eigenvalue weighted by Gasteiger charge is 2.50. The van der Waals surface area contributed by atoms with Gasteiger partial charge in [0, 0.05) is 29.9 Å². The van der Waals surface area contributed by atoms with Crippen LogP contribution >= 0.6 is 11.8 Å². The minimum atomic E-state index is -0.582. The number of nitrogens with zero attached hydrogens (tertiary/aromatic N) is 3. The average molecular weight is 355 g/mol. The standard InChI is InChI=1S/C19H18FN3OS/c1-12-7-8-14(20)11-15(12)18-22-23(13(2)24)19(25-18)9-3-6-17-16(19)5-4-10-21-17/h4-5,7-8,10-11H,3,6,9H2,1-2H3. The number of pyridine rings is 1. The van der Waals surface area contributed by atoms with Crippen molar-refractivity contribution >= 4 is 22.7 Å². The number of aromatic nitrogens is 1. The summed E-state index contributed by atoms with van der Waals surface area (Å²) in [5.41, 5.74) is 3.73. The van der Waals surface area contributed by atoms with Crippen LogP contribution in [0, 0.1) is 12.7 Å². The van der Waals surface area contributed by atoms with Crippen LogP contribution in [0.25, 0.3) is 0 Å². The molecular formula is C19H18FN3OS. The van der Waals surface area contributed by atoms with Crippen LogP contribution in [0.15, 0.2) is 41.6 Å². The minimum absolute atomic E-state index is 0.117. The molecular weight excluding hydrogens is 337 g/mol. The van der Waals surface area contributed by atoms with Gasteiger partial charge in [-0.25, -0.2) is 9.40 Å². The van der Waals surface area contributed by atoms with Crippen molar-refractivity contribution in [3.63, 3.8) is 0 Å². The second-order valence-corrected chi connectivity index (χ2v) is 7.70. The summed E-state index contributed by atoms with van der Waals surface area (Å²) in [6.07, 6.45) is 4.43. The summed E-state index contributed by atoms with van der Waals surface area (Å²) < 4.78 is 13.8. The van der Waals surface area contributed by atoms with Gasteiger partial charge in [-0.05, 0) is 49.9 Å². The zero-order chi connectivity index (χ0) is 17.6. The molecule has 0 radical (unpaired) electrons.